The number of benzene rings is 2. The number of rotatable bonds is 7. The van der Waals surface area contributed by atoms with Crippen molar-refractivity contribution in [3.63, 3.8) is 0 Å². The predicted molar refractivity (Wildman–Crippen MR) is 121 cm³/mol. The van der Waals surface area contributed by atoms with Crippen LogP contribution in [0, 0.1) is 11.3 Å². The van der Waals surface area contributed by atoms with Crippen molar-refractivity contribution in [2.24, 2.45) is 0 Å². The topological polar surface area (TPSA) is 104 Å². The molecule has 0 radical (unpaired) electrons. The van der Waals surface area contributed by atoms with E-state index in [0.717, 1.165) is 5.56 Å². The van der Waals surface area contributed by atoms with Crippen molar-refractivity contribution >= 4 is 17.5 Å². The number of hydrogen-bond donors (Lipinski definition) is 2. The molecule has 2 amide bonds. The Labute approximate surface area is 187 Å². The lowest BCUT2D eigenvalue weighted by Gasteiger charge is -2.18. The van der Waals surface area contributed by atoms with Gasteiger partial charge < -0.3 is 15.4 Å². The number of hydrogen-bond acceptors (Lipinski definition) is 5. The van der Waals surface area contributed by atoms with Gasteiger partial charge in [0.25, 0.3) is 11.8 Å². The highest BCUT2D eigenvalue weighted by atomic mass is 16.5. The van der Waals surface area contributed by atoms with Crippen LogP contribution in [0.1, 0.15) is 45.7 Å². The van der Waals surface area contributed by atoms with Crippen molar-refractivity contribution in [1.82, 2.24) is 10.3 Å². The van der Waals surface area contributed by atoms with Gasteiger partial charge >= 0.3 is 0 Å². The smallest absolute Gasteiger partial charge is 0.255 e. The molecule has 3 rings (SSSR count). The van der Waals surface area contributed by atoms with Crippen LogP contribution in [0.15, 0.2) is 67.0 Å². The number of nitrogens with one attached hydrogen (secondary N) is 2. The SMILES string of the molecule is COc1cncc(CNC(=O)c2ccccc2)c1NC(=O)c1cccc(C(C)(C)C#N)c1. The van der Waals surface area contributed by atoms with Crippen LogP contribution in [0.3, 0.4) is 0 Å². The van der Waals surface area contributed by atoms with Crippen molar-refractivity contribution in [1.29, 1.82) is 5.26 Å². The van der Waals surface area contributed by atoms with Gasteiger partial charge in [0.05, 0.1) is 30.5 Å². The summed E-state index contributed by atoms with van der Waals surface area (Å²) in [7, 11) is 1.48. The number of anilines is 1. The lowest BCUT2D eigenvalue weighted by atomic mass is 9.85. The highest BCUT2D eigenvalue weighted by Crippen LogP contribution is 2.29. The summed E-state index contributed by atoms with van der Waals surface area (Å²) in [4.78, 5) is 29.6. The fourth-order valence-corrected chi connectivity index (χ4v) is 3.08. The fraction of sp³-hybridized carbons (Fsp3) is 0.200. The summed E-state index contributed by atoms with van der Waals surface area (Å²) >= 11 is 0. The Morgan fingerprint density at radius 3 is 2.44 bits per heavy atom. The first kappa shape index (κ1) is 22.5. The van der Waals surface area contributed by atoms with Crippen molar-refractivity contribution in [2.45, 2.75) is 25.8 Å². The van der Waals surface area contributed by atoms with Gasteiger partial charge in [0.2, 0.25) is 0 Å². The first-order chi connectivity index (χ1) is 15.4. The van der Waals surface area contributed by atoms with Crippen LogP contribution in [0.4, 0.5) is 5.69 Å². The predicted octanol–water partition coefficient (Wildman–Crippen LogP) is 4.07. The highest BCUT2D eigenvalue weighted by Gasteiger charge is 2.22. The summed E-state index contributed by atoms with van der Waals surface area (Å²) in [6, 6.07) is 18.0. The maximum atomic E-state index is 13.0. The van der Waals surface area contributed by atoms with E-state index in [1.54, 1.807) is 62.5 Å². The van der Waals surface area contributed by atoms with Crippen LogP contribution in [-0.4, -0.2) is 23.9 Å². The molecule has 7 heteroatoms. The van der Waals surface area contributed by atoms with Gasteiger partial charge in [-0.25, -0.2) is 0 Å². The molecule has 7 nitrogen and oxygen atoms in total. The largest absolute Gasteiger partial charge is 0.493 e. The van der Waals surface area contributed by atoms with E-state index >= 15 is 0 Å². The standard InChI is InChI=1S/C25H24N4O3/c1-25(2,16-26)20-11-7-10-18(12-20)24(31)29-22-19(13-27-15-21(22)32-3)14-28-23(30)17-8-5-4-6-9-17/h4-13,15H,14H2,1-3H3,(H,28,30)(H,27,29,31). The summed E-state index contributed by atoms with van der Waals surface area (Å²) in [5.74, 6) is -0.226. The van der Waals surface area contributed by atoms with Crippen LogP contribution in [0.2, 0.25) is 0 Å². The molecule has 0 aliphatic heterocycles. The monoisotopic (exact) mass is 428 g/mol. The third kappa shape index (κ3) is 5.10. The molecule has 1 aromatic heterocycles. The second-order valence-corrected chi connectivity index (χ2v) is 7.70. The lowest BCUT2D eigenvalue weighted by Crippen LogP contribution is -2.24. The molecule has 0 fully saturated rings. The molecule has 162 valence electrons. The zero-order chi connectivity index (χ0) is 23.1. The molecule has 0 aliphatic rings. The average Bonchev–Trinajstić information content (AvgIpc) is 2.83. The van der Waals surface area contributed by atoms with Crippen LogP contribution >= 0.6 is 0 Å². The Bertz CT molecular complexity index is 1170. The first-order valence-corrected chi connectivity index (χ1v) is 10.0. The van der Waals surface area contributed by atoms with Gasteiger partial charge in [0.1, 0.15) is 0 Å². The number of pyridine rings is 1. The number of ether oxygens (including phenoxy) is 1. The van der Waals surface area contributed by atoms with E-state index in [-0.39, 0.29) is 18.4 Å². The summed E-state index contributed by atoms with van der Waals surface area (Å²) in [5, 5.41) is 15.1. The van der Waals surface area contributed by atoms with E-state index in [1.165, 1.54) is 13.3 Å². The summed E-state index contributed by atoms with van der Waals surface area (Å²) < 4.78 is 5.38. The molecule has 0 aliphatic carbocycles. The van der Waals surface area contributed by atoms with Crippen LogP contribution < -0.4 is 15.4 Å². The summed E-state index contributed by atoms with van der Waals surface area (Å²) in [6.07, 6.45) is 3.06. The lowest BCUT2D eigenvalue weighted by molar-refractivity contribution is 0.0950. The van der Waals surface area contributed by atoms with Gasteiger partial charge in [-0.1, -0.05) is 30.3 Å². The minimum Gasteiger partial charge on any atom is -0.493 e. The molecule has 0 saturated heterocycles. The second-order valence-electron chi connectivity index (χ2n) is 7.70. The molecule has 0 saturated carbocycles. The molecule has 32 heavy (non-hydrogen) atoms. The quantitative estimate of drug-likeness (QED) is 0.590. The number of amides is 2. The maximum absolute atomic E-state index is 13.0. The zero-order valence-corrected chi connectivity index (χ0v) is 18.2. The molecular formula is C25H24N4O3. The average molecular weight is 428 g/mol. The Morgan fingerprint density at radius 1 is 1.03 bits per heavy atom. The molecular weight excluding hydrogens is 404 g/mol. The van der Waals surface area contributed by atoms with E-state index in [1.807, 2.05) is 12.1 Å². The number of nitriles is 1. The van der Waals surface area contributed by atoms with Gasteiger partial charge in [0, 0.05) is 29.4 Å². The van der Waals surface area contributed by atoms with Crippen molar-refractivity contribution < 1.29 is 14.3 Å². The number of nitrogens with zero attached hydrogens (tertiary/aromatic N) is 2. The second kappa shape index (κ2) is 9.75. The van der Waals surface area contributed by atoms with Gasteiger partial charge in [0.15, 0.2) is 5.75 Å². The Morgan fingerprint density at radius 2 is 1.75 bits per heavy atom. The molecule has 0 bridgehead atoms. The van der Waals surface area contributed by atoms with E-state index in [9.17, 15) is 14.9 Å². The van der Waals surface area contributed by atoms with Crippen LogP contribution in [0.25, 0.3) is 0 Å². The minimum atomic E-state index is -0.725. The van der Waals surface area contributed by atoms with Gasteiger partial charge in [-0.05, 0) is 43.7 Å². The first-order valence-electron chi connectivity index (χ1n) is 10.0. The minimum absolute atomic E-state index is 0.148. The number of carbonyl (C=O) groups excluding carboxylic acids is 2. The Kier molecular flexibility index (Phi) is 6.86. The van der Waals surface area contributed by atoms with Crippen LogP contribution in [0.5, 0.6) is 5.75 Å². The van der Waals surface area contributed by atoms with E-state index in [2.05, 4.69) is 21.7 Å². The molecule has 0 spiro atoms. The Balaban J connectivity index is 1.83. The number of methoxy groups -OCH3 is 1. The van der Waals surface area contributed by atoms with E-state index in [0.29, 0.717) is 28.1 Å². The molecule has 0 unspecified atom stereocenters. The molecule has 0 atom stereocenters. The number of carbonyl (C=O) groups is 2. The molecule has 3 aromatic rings. The van der Waals surface area contributed by atoms with Crippen molar-refractivity contribution in [3.8, 4) is 11.8 Å². The van der Waals surface area contributed by atoms with E-state index < -0.39 is 5.41 Å². The Hall–Kier alpha value is -4.18. The third-order valence-electron chi connectivity index (χ3n) is 5.05. The number of aromatic nitrogens is 1. The highest BCUT2D eigenvalue weighted by molar-refractivity contribution is 6.05. The van der Waals surface area contributed by atoms with Crippen LogP contribution in [-0.2, 0) is 12.0 Å². The summed E-state index contributed by atoms with van der Waals surface area (Å²) in [6.45, 7) is 3.74. The normalized spacial score (nSPS) is 10.7. The summed E-state index contributed by atoms with van der Waals surface area (Å²) in [5.41, 5.74) is 1.97. The molecule has 1 heterocycles. The van der Waals surface area contributed by atoms with Crippen molar-refractivity contribution in [3.05, 3.63) is 89.2 Å². The molecule has 2 N–H and O–H groups in total. The zero-order valence-electron chi connectivity index (χ0n) is 18.2. The van der Waals surface area contributed by atoms with Gasteiger partial charge in [-0.3, -0.25) is 14.6 Å². The van der Waals surface area contributed by atoms with E-state index in [4.69, 9.17) is 4.74 Å². The third-order valence-corrected chi connectivity index (χ3v) is 5.05. The maximum Gasteiger partial charge on any atom is 0.255 e. The van der Waals surface area contributed by atoms with Crippen molar-refractivity contribution in [2.75, 3.05) is 12.4 Å². The molecule has 2 aromatic carbocycles. The van der Waals surface area contributed by atoms with Gasteiger partial charge in [-0.2, -0.15) is 5.26 Å². The fourth-order valence-electron chi connectivity index (χ4n) is 3.08. The van der Waals surface area contributed by atoms with Gasteiger partial charge in [-0.15, -0.1) is 0 Å².